The Kier molecular flexibility index (Phi) is 4.16. The molecule has 5 heteroatoms. The molecule has 0 radical (unpaired) electrons. The van der Waals surface area contributed by atoms with Gasteiger partial charge in [0.2, 0.25) is 0 Å². The van der Waals surface area contributed by atoms with Crippen molar-refractivity contribution in [3.63, 3.8) is 0 Å². The topological polar surface area (TPSA) is 20.2 Å². The Morgan fingerprint density at radius 3 is 2.32 bits per heavy atom. The highest BCUT2D eigenvalue weighted by molar-refractivity contribution is 9.10. The molecule has 0 fully saturated rings. The highest BCUT2D eigenvalue weighted by atomic mass is 79.9. The van der Waals surface area contributed by atoms with Crippen molar-refractivity contribution in [3.8, 4) is 0 Å². The van der Waals surface area contributed by atoms with Crippen molar-refractivity contribution in [2.75, 3.05) is 0 Å². The fourth-order valence-electron chi connectivity index (χ4n) is 2.03. The van der Waals surface area contributed by atoms with Crippen LogP contribution in [0.4, 0.5) is 13.2 Å². The van der Waals surface area contributed by atoms with Crippen LogP contribution in [0.5, 0.6) is 0 Å². The molecule has 0 amide bonds. The first-order valence-corrected chi connectivity index (χ1v) is 6.60. The van der Waals surface area contributed by atoms with Gasteiger partial charge in [-0.25, -0.2) is 0 Å². The van der Waals surface area contributed by atoms with E-state index in [1.807, 2.05) is 12.1 Å². The third-order valence-corrected chi connectivity index (χ3v) is 3.66. The van der Waals surface area contributed by atoms with Gasteiger partial charge >= 0.3 is 6.18 Å². The van der Waals surface area contributed by atoms with Gasteiger partial charge in [-0.05, 0) is 28.8 Å². The van der Waals surface area contributed by atoms with Crippen LogP contribution in [0, 0.1) is 0 Å². The van der Waals surface area contributed by atoms with Crippen molar-refractivity contribution >= 4 is 26.7 Å². The average molecular weight is 333 g/mol. The summed E-state index contributed by atoms with van der Waals surface area (Å²) in [5, 5.41) is 11.6. The van der Waals surface area contributed by atoms with Gasteiger partial charge in [-0.1, -0.05) is 46.3 Å². The number of fused-ring (bicyclic) bond motifs is 1. The summed E-state index contributed by atoms with van der Waals surface area (Å²) in [4.78, 5) is 0. The predicted octanol–water partition coefficient (Wildman–Crippen LogP) is 4.98. The molecule has 1 unspecified atom stereocenters. The van der Waals surface area contributed by atoms with Crippen molar-refractivity contribution in [3.05, 3.63) is 46.4 Å². The average Bonchev–Trinajstić information content (AvgIpc) is 2.36. The number of rotatable bonds is 3. The number of hydrogen-bond donors (Lipinski definition) is 1. The Labute approximate surface area is 117 Å². The van der Waals surface area contributed by atoms with Crippen molar-refractivity contribution in [1.82, 2.24) is 0 Å². The van der Waals surface area contributed by atoms with Gasteiger partial charge < -0.3 is 5.11 Å². The molecule has 1 atom stereocenters. The lowest BCUT2D eigenvalue weighted by atomic mass is 9.98. The van der Waals surface area contributed by atoms with E-state index in [4.69, 9.17) is 0 Å². The first-order valence-electron chi connectivity index (χ1n) is 5.80. The zero-order chi connectivity index (χ0) is 14.0. The second kappa shape index (κ2) is 5.51. The van der Waals surface area contributed by atoms with Gasteiger partial charge in [-0.15, -0.1) is 0 Å². The van der Waals surface area contributed by atoms with Crippen LogP contribution in [0.2, 0.25) is 0 Å². The molecule has 2 aromatic rings. The van der Waals surface area contributed by atoms with Crippen LogP contribution >= 0.6 is 15.9 Å². The summed E-state index contributed by atoms with van der Waals surface area (Å²) in [5.41, 5.74) is 0.531. The van der Waals surface area contributed by atoms with E-state index in [0.717, 1.165) is 15.2 Å². The number of alkyl halides is 3. The van der Waals surface area contributed by atoms with Crippen molar-refractivity contribution in [2.45, 2.75) is 25.1 Å². The molecule has 1 nitrogen and oxygen atoms in total. The second-order valence-electron chi connectivity index (χ2n) is 4.35. The van der Waals surface area contributed by atoms with E-state index in [1.54, 1.807) is 24.3 Å². The van der Waals surface area contributed by atoms with E-state index in [2.05, 4.69) is 15.9 Å². The standard InChI is InChI=1S/C14H12BrF3O/c15-12-6-5-11(9-3-1-2-4-10(9)12)13(19)7-8-14(16,17)18/h1-6,13,19H,7-8H2. The number of halogens is 4. The van der Waals surface area contributed by atoms with Crippen LogP contribution in [0.1, 0.15) is 24.5 Å². The van der Waals surface area contributed by atoms with Gasteiger partial charge in [0.25, 0.3) is 0 Å². The molecule has 2 rings (SSSR count). The van der Waals surface area contributed by atoms with E-state index < -0.39 is 18.7 Å². The number of hydrogen-bond acceptors (Lipinski definition) is 1. The predicted molar refractivity (Wildman–Crippen MR) is 71.9 cm³/mol. The first-order chi connectivity index (χ1) is 8.88. The molecule has 0 saturated heterocycles. The van der Waals surface area contributed by atoms with Gasteiger partial charge in [-0.3, -0.25) is 0 Å². The SMILES string of the molecule is OC(CCC(F)(F)F)c1ccc(Br)c2ccccc12. The molecule has 2 aromatic carbocycles. The molecule has 0 aliphatic rings. The quantitative estimate of drug-likeness (QED) is 0.840. The Hall–Kier alpha value is -1.07. The molecule has 0 heterocycles. The highest BCUT2D eigenvalue weighted by Gasteiger charge is 2.28. The Morgan fingerprint density at radius 2 is 1.68 bits per heavy atom. The number of aliphatic hydroxyl groups excluding tert-OH is 1. The normalized spacial score (nSPS) is 13.7. The van der Waals surface area contributed by atoms with Crippen LogP contribution in [0.15, 0.2) is 40.9 Å². The summed E-state index contributed by atoms with van der Waals surface area (Å²) < 4.78 is 37.4. The minimum Gasteiger partial charge on any atom is -0.388 e. The van der Waals surface area contributed by atoms with Gasteiger partial charge in [0.05, 0.1) is 6.10 Å². The van der Waals surface area contributed by atoms with Crippen LogP contribution in [-0.4, -0.2) is 11.3 Å². The molecule has 19 heavy (non-hydrogen) atoms. The molecule has 0 aromatic heterocycles. The summed E-state index contributed by atoms with van der Waals surface area (Å²) in [6.45, 7) is 0. The summed E-state index contributed by atoms with van der Waals surface area (Å²) in [6, 6.07) is 10.7. The molecular formula is C14H12BrF3O. The van der Waals surface area contributed by atoms with Crippen LogP contribution < -0.4 is 0 Å². The Bertz CT molecular complexity index is 580. The molecule has 102 valence electrons. The Balaban J connectivity index is 2.32. The summed E-state index contributed by atoms with van der Waals surface area (Å²) in [6.07, 6.45) is -6.67. The molecule has 1 N–H and O–H groups in total. The number of benzene rings is 2. The van der Waals surface area contributed by atoms with Gasteiger partial charge in [0.15, 0.2) is 0 Å². The van der Waals surface area contributed by atoms with Crippen LogP contribution in [0.3, 0.4) is 0 Å². The van der Waals surface area contributed by atoms with E-state index in [-0.39, 0.29) is 6.42 Å². The molecule has 0 aliphatic heterocycles. The third kappa shape index (κ3) is 3.48. The van der Waals surface area contributed by atoms with Gasteiger partial charge in [0, 0.05) is 10.9 Å². The van der Waals surface area contributed by atoms with Crippen molar-refractivity contribution in [1.29, 1.82) is 0 Å². The van der Waals surface area contributed by atoms with E-state index >= 15 is 0 Å². The van der Waals surface area contributed by atoms with Crippen molar-refractivity contribution in [2.24, 2.45) is 0 Å². The molecule has 0 aliphatic carbocycles. The highest BCUT2D eigenvalue weighted by Crippen LogP contribution is 2.33. The summed E-state index contributed by atoms with van der Waals surface area (Å²) in [7, 11) is 0. The second-order valence-corrected chi connectivity index (χ2v) is 5.21. The van der Waals surface area contributed by atoms with Gasteiger partial charge in [-0.2, -0.15) is 13.2 Å². The molecular weight excluding hydrogens is 321 g/mol. The maximum absolute atomic E-state index is 12.2. The molecule has 0 spiro atoms. The van der Waals surface area contributed by atoms with E-state index in [1.165, 1.54) is 0 Å². The third-order valence-electron chi connectivity index (χ3n) is 2.96. The lowest BCUT2D eigenvalue weighted by molar-refractivity contribution is -0.140. The zero-order valence-corrected chi connectivity index (χ0v) is 11.5. The monoisotopic (exact) mass is 332 g/mol. The minimum atomic E-state index is -4.24. The summed E-state index contributed by atoms with van der Waals surface area (Å²) >= 11 is 3.39. The zero-order valence-electron chi connectivity index (χ0n) is 9.91. The van der Waals surface area contributed by atoms with Gasteiger partial charge in [0.1, 0.15) is 0 Å². The number of aliphatic hydroxyl groups is 1. The fraction of sp³-hybridized carbons (Fsp3) is 0.286. The maximum atomic E-state index is 12.2. The molecule has 0 saturated carbocycles. The fourth-order valence-corrected chi connectivity index (χ4v) is 2.51. The molecule has 0 bridgehead atoms. The maximum Gasteiger partial charge on any atom is 0.389 e. The van der Waals surface area contributed by atoms with Crippen LogP contribution in [-0.2, 0) is 0 Å². The van der Waals surface area contributed by atoms with Crippen LogP contribution in [0.25, 0.3) is 10.8 Å². The van der Waals surface area contributed by atoms with Crippen molar-refractivity contribution < 1.29 is 18.3 Å². The Morgan fingerprint density at radius 1 is 1.05 bits per heavy atom. The first kappa shape index (κ1) is 14.3. The van der Waals surface area contributed by atoms with E-state index in [0.29, 0.717) is 5.56 Å². The minimum absolute atomic E-state index is 0.324. The lowest BCUT2D eigenvalue weighted by Crippen LogP contribution is -2.10. The smallest absolute Gasteiger partial charge is 0.388 e. The largest absolute Gasteiger partial charge is 0.389 e. The lowest BCUT2D eigenvalue weighted by Gasteiger charge is -2.15. The summed E-state index contributed by atoms with van der Waals surface area (Å²) in [5.74, 6) is 0. The van der Waals surface area contributed by atoms with E-state index in [9.17, 15) is 18.3 Å².